The summed E-state index contributed by atoms with van der Waals surface area (Å²) in [5, 5.41) is 6.02. The van der Waals surface area contributed by atoms with Crippen molar-refractivity contribution in [2.24, 2.45) is 0 Å². The molecule has 0 saturated carbocycles. The lowest BCUT2D eigenvalue weighted by Crippen LogP contribution is -2.25. The van der Waals surface area contributed by atoms with E-state index < -0.39 is 0 Å². The molecule has 21 heavy (non-hydrogen) atoms. The van der Waals surface area contributed by atoms with Crippen molar-refractivity contribution >= 4 is 17.4 Å². The van der Waals surface area contributed by atoms with Gasteiger partial charge in [-0.2, -0.15) is 0 Å². The number of hydrogen-bond acceptors (Lipinski definition) is 5. The molecule has 0 aliphatic rings. The number of nitrogens with zero attached hydrogens (tertiary/aromatic N) is 2. The number of nitrogen functional groups attached to an aromatic ring is 1. The third-order valence-electron chi connectivity index (χ3n) is 2.94. The highest BCUT2D eigenvalue weighted by Crippen LogP contribution is 2.14. The maximum atomic E-state index is 11.8. The van der Waals surface area contributed by atoms with Crippen LogP contribution in [-0.2, 0) is 0 Å². The lowest BCUT2D eigenvalue weighted by atomic mass is 10.2. The van der Waals surface area contributed by atoms with Crippen molar-refractivity contribution in [1.29, 1.82) is 0 Å². The number of anilines is 2. The molecule has 6 nitrogen and oxygen atoms in total. The van der Waals surface area contributed by atoms with E-state index in [4.69, 9.17) is 5.73 Å². The number of carbonyl (C=O) groups excluding carboxylic acids is 1. The van der Waals surface area contributed by atoms with Gasteiger partial charge in [-0.25, -0.2) is 4.98 Å². The molecule has 0 aliphatic heterocycles. The van der Waals surface area contributed by atoms with Crippen molar-refractivity contribution in [2.45, 2.75) is 13.3 Å². The Morgan fingerprint density at radius 1 is 1.19 bits per heavy atom. The van der Waals surface area contributed by atoms with E-state index in [9.17, 15) is 4.79 Å². The molecule has 110 valence electrons. The third kappa shape index (κ3) is 4.45. The molecular formula is C15H19N5O. The monoisotopic (exact) mass is 285 g/mol. The fraction of sp³-hybridized carbons (Fsp3) is 0.267. The van der Waals surface area contributed by atoms with Crippen molar-refractivity contribution in [3.8, 4) is 0 Å². The van der Waals surface area contributed by atoms with Gasteiger partial charge in [-0.1, -0.05) is 0 Å². The highest BCUT2D eigenvalue weighted by molar-refractivity contribution is 5.93. The SMILES string of the molecule is Cc1ccc(N)c(NCCCNC(=O)c2ccncc2)n1. The van der Waals surface area contributed by atoms with Gasteiger partial charge in [0.2, 0.25) is 0 Å². The van der Waals surface area contributed by atoms with E-state index in [2.05, 4.69) is 20.6 Å². The number of pyridine rings is 2. The molecule has 0 saturated heterocycles. The minimum Gasteiger partial charge on any atom is -0.396 e. The third-order valence-corrected chi connectivity index (χ3v) is 2.94. The summed E-state index contributed by atoms with van der Waals surface area (Å²) in [5.41, 5.74) is 7.98. The molecule has 0 aliphatic carbocycles. The van der Waals surface area contributed by atoms with E-state index in [1.807, 2.05) is 19.1 Å². The summed E-state index contributed by atoms with van der Waals surface area (Å²) >= 11 is 0. The summed E-state index contributed by atoms with van der Waals surface area (Å²) in [6, 6.07) is 7.07. The van der Waals surface area contributed by atoms with Crippen molar-refractivity contribution in [1.82, 2.24) is 15.3 Å². The highest BCUT2D eigenvalue weighted by atomic mass is 16.1. The molecular weight excluding hydrogens is 266 g/mol. The Balaban J connectivity index is 1.71. The van der Waals surface area contributed by atoms with E-state index in [0.29, 0.717) is 30.2 Å². The number of hydrogen-bond donors (Lipinski definition) is 3. The smallest absolute Gasteiger partial charge is 0.251 e. The molecule has 1 amide bonds. The normalized spacial score (nSPS) is 10.1. The molecule has 2 aromatic heterocycles. The largest absolute Gasteiger partial charge is 0.396 e. The van der Waals surface area contributed by atoms with Crippen LogP contribution in [0, 0.1) is 6.92 Å². The second kappa shape index (κ2) is 7.23. The van der Waals surface area contributed by atoms with Gasteiger partial charge in [0.1, 0.15) is 5.82 Å². The maximum absolute atomic E-state index is 11.8. The zero-order valence-corrected chi connectivity index (χ0v) is 12.0. The first-order valence-corrected chi connectivity index (χ1v) is 6.82. The Hall–Kier alpha value is -2.63. The predicted molar refractivity (Wildman–Crippen MR) is 83.1 cm³/mol. The molecule has 0 aromatic carbocycles. The van der Waals surface area contributed by atoms with E-state index >= 15 is 0 Å². The van der Waals surface area contributed by atoms with E-state index in [-0.39, 0.29) is 5.91 Å². The molecule has 0 spiro atoms. The quantitative estimate of drug-likeness (QED) is 0.701. The van der Waals surface area contributed by atoms with Crippen molar-refractivity contribution < 1.29 is 4.79 Å². The summed E-state index contributed by atoms with van der Waals surface area (Å²) in [5.74, 6) is 0.598. The molecule has 0 atom stereocenters. The van der Waals surface area contributed by atoms with Gasteiger partial charge in [0.25, 0.3) is 5.91 Å². The second-order valence-electron chi connectivity index (χ2n) is 4.66. The second-order valence-corrected chi connectivity index (χ2v) is 4.66. The standard InChI is InChI=1S/C15H19N5O/c1-11-3-4-13(16)14(20-11)18-7-2-8-19-15(21)12-5-9-17-10-6-12/h3-6,9-10H,2,7-8,16H2,1H3,(H,18,20)(H,19,21). The fourth-order valence-electron chi connectivity index (χ4n) is 1.81. The van der Waals surface area contributed by atoms with Gasteiger partial charge in [0.15, 0.2) is 0 Å². The first kappa shape index (κ1) is 14.8. The van der Waals surface area contributed by atoms with E-state index in [1.54, 1.807) is 24.5 Å². The fourth-order valence-corrected chi connectivity index (χ4v) is 1.81. The van der Waals surface area contributed by atoms with Gasteiger partial charge < -0.3 is 16.4 Å². The van der Waals surface area contributed by atoms with Crippen molar-refractivity contribution in [2.75, 3.05) is 24.1 Å². The Labute approximate surface area is 123 Å². The average molecular weight is 285 g/mol. The number of nitrogens with two attached hydrogens (primary N) is 1. The number of amides is 1. The molecule has 0 bridgehead atoms. The summed E-state index contributed by atoms with van der Waals surface area (Å²) in [6.45, 7) is 3.19. The molecule has 6 heteroatoms. The van der Waals surface area contributed by atoms with E-state index in [1.165, 1.54) is 0 Å². The summed E-state index contributed by atoms with van der Waals surface area (Å²) in [6.07, 6.45) is 3.98. The Morgan fingerprint density at radius 2 is 1.95 bits per heavy atom. The van der Waals surface area contributed by atoms with Gasteiger partial charge in [0.05, 0.1) is 5.69 Å². The van der Waals surface area contributed by atoms with Crippen LogP contribution in [0.4, 0.5) is 11.5 Å². The minimum atomic E-state index is -0.0920. The summed E-state index contributed by atoms with van der Waals surface area (Å²) in [4.78, 5) is 20.0. The number of aromatic nitrogens is 2. The van der Waals surface area contributed by atoms with Crippen molar-refractivity contribution in [3.05, 3.63) is 47.9 Å². The van der Waals surface area contributed by atoms with Crippen molar-refractivity contribution in [3.63, 3.8) is 0 Å². The maximum Gasteiger partial charge on any atom is 0.251 e. The van der Waals surface area contributed by atoms with Crippen LogP contribution in [0.1, 0.15) is 22.5 Å². The highest BCUT2D eigenvalue weighted by Gasteiger charge is 2.04. The number of nitrogens with one attached hydrogen (secondary N) is 2. The van der Waals surface area contributed by atoms with Crippen LogP contribution < -0.4 is 16.4 Å². The minimum absolute atomic E-state index is 0.0920. The van der Waals surface area contributed by atoms with Crippen LogP contribution in [0.25, 0.3) is 0 Å². The topological polar surface area (TPSA) is 92.9 Å². The van der Waals surface area contributed by atoms with Crippen LogP contribution in [0.15, 0.2) is 36.7 Å². The van der Waals surface area contributed by atoms with Gasteiger partial charge in [-0.15, -0.1) is 0 Å². The number of carbonyl (C=O) groups is 1. The number of aryl methyl sites for hydroxylation is 1. The lowest BCUT2D eigenvalue weighted by molar-refractivity contribution is 0.0953. The summed E-state index contributed by atoms with van der Waals surface area (Å²) < 4.78 is 0. The lowest BCUT2D eigenvalue weighted by Gasteiger charge is -2.09. The van der Waals surface area contributed by atoms with Gasteiger partial charge in [-0.05, 0) is 37.6 Å². The predicted octanol–water partition coefficient (Wildman–Crippen LogP) is 1.60. The zero-order chi connectivity index (χ0) is 15.1. The van der Waals surface area contributed by atoms with Gasteiger partial charge >= 0.3 is 0 Å². The van der Waals surface area contributed by atoms with Gasteiger partial charge in [-0.3, -0.25) is 9.78 Å². The zero-order valence-electron chi connectivity index (χ0n) is 12.0. The molecule has 2 heterocycles. The number of rotatable bonds is 6. The molecule has 2 rings (SSSR count). The van der Waals surface area contributed by atoms with E-state index in [0.717, 1.165) is 12.1 Å². The molecule has 0 fully saturated rings. The Kier molecular flexibility index (Phi) is 5.09. The molecule has 0 unspecified atom stereocenters. The van der Waals surface area contributed by atoms with Crippen LogP contribution in [-0.4, -0.2) is 29.0 Å². The Morgan fingerprint density at radius 3 is 2.71 bits per heavy atom. The van der Waals surface area contributed by atoms with Crippen LogP contribution in [0.3, 0.4) is 0 Å². The molecule has 4 N–H and O–H groups in total. The molecule has 0 radical (unpaired) electrons. The van der Waals surface area contributed by atoms with Crippen LogP contribution in [0.2, 0.25) is 0 Å². The Bertz CT molecular complexity index is 600. The average Bonchev–Trinajstić information content (AvgIpc) is 2.51. The van der Waals surface area contributed by atoms with Crippen LogP contribution >= 0.6 is 0 Å². The van der Waals surface area contributed by atoms with Gasteiger partial charge in [0, 0.05) is 36.7 Å². The first-order valence-electron chi connectivity index (χ1n) is 6.82. The van der Waals surface area contributed by atoms with Crippen LogP contribution in [0.5, 0.6) is 0 Å². The first-order chi connectivity index (χ1) is 10.2. The molecule has 2 aromatic rings. The summed E-state index contributed by atoms with van der Waals surface area (Å²) in [7, 11) is 0.